The third kappa shape index (κ3) is 3.44. The smallest absolute Gasteiger partial charge is 0.353 e. The second kappa shape index (κ2) is 5.56. The van der Waals surface area contributed by atoms with E-state index < -0.39 is 11.2 Å². The van der Waals surface area contributed by atoms with Gasteiger partial charge in [-0.25, -0.2) is 0 Å². The van der Waals surface area contributed by atoms with Gasteiger partial charge in [-0.3, -0.25) is 0 Å². The lowest BCUT2D eigenvalue weighted by Gasteiger charge is -2.16. The normalized spacial score (nSPS) is 13.3. The van der Waals surface area contributed by atoms with Crippen molar-refractivity contribution in [3.8, 4) is 0 Å². The Bertz CT molecular complexity index is 525. The molecule has 1 atom stereocenters. The summed E-state index contributed by atoms with van der Waals surface area (Å²) in [5.41, 5.74) is 1.01. The molecule has 0 saturated carbocycles. The summed E-state index contributed by atoms with van der Waals surface area (Å²) in [4.78, 5) is 0. The largest absolute Gasteiger partial charge is 0.445 e. The molecular weight excluding hydrogens is 275 g/mol. The molecule has 0 bridgehead atoms. The summed E-state index contributed by atoms with van der Waals surface area (Å²) in [6.07, 6.45) is -3.70. The van der Waals surface area contributed by atoms with E-state index in [1.807, 2.05) is 37.3 Å². The van der Waals surface area contributed by atoms with Gasteiger partial charge in [-0.05, 0) is 12.0 Å². The fourth-order valence-electron chi connectivity index (χ4n) is 1.65. The minimum absolute atomic E-state index is 0.0739. The van der Waals surface area contributed by atoms with Gasteiger partial charge in [0.1, 0.15) is 0 Å². The maximum atomic E-state index is 12.4. The minimum Gasteiger partial charge on any atom is -0.353 e. The van der Waals surface area contributed by atoms with Crippen molar-refractivity contribution in [2.75, 3.05) is 5.32 Å². The van der Waals surface area contributed by atoms with Crippen LogP contribution in [0, 0.1) is 0 Å². The van der Waals surface area contributed by atoms with Crippen LogP contribution in [0.5, 0.6) is 0 Å². The third-order valence-corrected chi connectivity index (χ3v) is 3.47. The highest BCUT2D eigenvalue weighted by atomic mass is 32.1. The molecule has 0 aliphatic heterocycles. The molecule has 0 fully saturated rings. The summed E-state index contributed by atoms with van der Waals surface area (Å²) in [5, 5.41) is 8.92. The van der Waals surface area contributed by atoms with E-state index in [1.165, 1.54) is 0 Å². The van der Waals surface area contributed by atoms with Gasteiger partial charge in [0.2, 0.25) is 10.1 Å². The fraction of sp³-hybridized carbons (Fsp3) is 0.333. The zero-order valence-electron chi connectivity index (χ0n) is 10.1. The highest BCUT2D eigenvalue weighted by Crippen LogP contribution is 2.34. The van der Waals surface area contributed by atoms with Gasteiger partial charge in [0.15, 0.2) is 0 Å². The van der Waals surface area contributed by atoms with E-state index in [0.717, 1.165) is 12.0 Å². The zero-order chi connectivity index (χ0) is 13.9. The van der Waals surface area contributed by atoms with E-state index >= 15 is 0 Å². The number of nitrogens with one attached hydrogen (secondary N) is 1. The lowest BCUT2D eigenvalue weighted by molar-refractivity contribution is -0.138. The van der Waals surface area contributed by atoms with Gasteiger partial charge >= 0.3 is 6.18 Å². The molecule has 0 spiro atoms. The molecule has 1 unspecified atom stereocenters. The number of nitrogens with zero attached hydrogens (tertiary/aromatic N) is 2. The molecule has 1 aromatic carbocycles. The first-order chi connectivity index (χ1) is 9.00. The van der Waals surface area contributed by atoms with Crippen LogP contribution in [0.25, 0.3) is 0 Å². The predicted molar refractivity (Wildman–Crippen MR) is 68.0 cm³/mol. The predicted octanol–water partition coefficient (Wildman–Crippen LogP) is 4.12. The molecule has 7 heteroatoms. The summed E-state index contributed by atoms with van der Waals surface area (Å²) < 4.78 is 37.3. The van der Waals surface area contributed by atoms with E-state index in [4.69, 9.17) is 0 Å². The molecule has 1 N–H and O–H groups in total. The van der Waals surface area contributed by atoms with Crippen molar-refractivity contribution in [2.45, 2.75) is 25.6 Å². The molecule has 0 amide bonds. The first-order valence-electron chi connectivity index (χ1n) is 5.73. The third-order valence-electron chi connectivity index (χ3n) is 2.58. The summed E-state index contributed by atoms with van der Waals surface area (Å²) in [6.45, 7) is 1.95. The van der Waals surface area contributed by atoms with Crippen molar-refractivity contribution in [1.82, 2.24) is 10.2 Å². The van der Waals surface area contributed by atoms with Crippen molar-refractivity contribution in [3.63, 3.8) is 0 Å². The van der Waals surface area contributed by atoms with E-state index in [-0.39, 0.29) is 11.2 Å². The molecule has 2 aromatic rings. The van der Waals surface area contributed by atoms with Crippen LogP contribution < -0.4 is 5.32 Å². The van der Waals surface area contributed by atoms with Gasteiger partial charge in [0, 0.05) is 0 Å². The molecule has 19 heavy (non-hydrogen) atoms. The summed E-state index contributed by atoms with van der Waals surface area (Å²) in [6, 6.07) is 9.44. The Kier molecular flexibility index (Phi) is 4.04. The standard InChI is InChI=1S/C12H12F3N3S/c1-2-9(8-6-4-3-5-7-8)16-11-18-17-10(19-11)12(13,14)15/h3-7,9H,2H2,1H3,(H,16,18). The maximum Gasteiger partial charge on any atom is 0.445 e. The average molecular weight is 287 g/mol. The molecule has 0 saturated heterocycles. The molecule has 102 valence electrons. The second-order valence-corrected chi connectivity index (χ2v) is 4.90. The Labute approximate surface area is 112 Å². The van der Waals surface area contributed by atoms with Crippen LogP contribution in [-0.2, 0) is 6.18 Å². The highest BCUT2D eigenvalue weighted by Gasteiger charge is 2.35. The highest BCUT2D eigenvalue weighted by molar-refractivity contribution is 7.15. The molecule has 0 radical (unpaired) electrons. The van der Waals surface area contributed by atoms with Gasteiger partial charge in [-0.15, -0.1) is 10.2 Å². The van der Waals surface area contributed by atoms with Crippen molar-refractivity contribution in [1.29, 1.82) is 0 Å². The van der Waals surface area contributed by atoms with Crippen molar-refractivity contribution in [2.24, 2.45) is 0 Å². The van der Waals surface area contributed by atoms with Gasteiger partial charge in [-0.2, -0.15) is 13.2 Å². The lowest BCUT2D eigenvalue weighted by atomic mass is 10.1. The van der Waals surface area contributed by atoms with Crippen molar-refractivity contribution < 1.29 is 13.2 Å². The summed E-state index contributed by atoms with van der Waals surface area (Å²) in [7, 11) is 0. The van der Waals surface area contributed by atoms with Crippen LogP contribution in [-0.4, -0.2) is 10.2 Å². The number of alkyl halides is 3. The molecule has 0 aliphatic rings. The molecular formula is C12H12F3N3S. The number of hydrogen-bond acceptors (Lipinski definition) is 4. The number of rotatable bonds is 4. The van der Waals surface area contributed by atoms with Crippen molar-refractivity contribution in [3.05, 3.63) is 40.9 Å². The lowest BCUT2D eigenvalue weighted by Crippen LogP contribution is -2.09. The number of hydrogen-bond donors (Lipinski definition) is 1. The van der Waals surface area contributed by atoms with Gasteiger partial charge in [0.25, 0.3) is 0 Å². The number of aromatic nitrogens is 2. The van der Waals surface area contributed by atoms with Crippen molar-refractivity contribution >= 4 is 16.5 Å². The maximum absolute atomic E-state index is 12.4. The van der Waals surface area contributed by atoms with Crippen LogP contribution in [0.4, 0.5) is 18.3 Å². The number of anilines is 1. The fourth-order valence-corrected chi connectivity index (χ4v) is 2.31. The Morgan fingerprint density at radius 3 is 2.42 bits per heavy atom. The van der Waals surface area contributed by atoms with Gasteiger partial charge in [-0.1, -0.05) is 48.6 Å². The first-order valence-corrected chi connectivity index (χ1v) is 6.54. The Balaban J connectivity index is 2.13. The monoisotopic (exact) mass is 287 g/mol. The van der Waals surface area contributed by atoms with E-state index in [9.17, 15) is 13.2 Å². The number of benzene rings is 1. The van der Waals surface area contributed by atoms with Crippen LogP contribution in [0.3, 0.4) is 0 Å². The van der Waals surface area contributed by atoms with Gasteiger partial charge in [0.05, 0.1) is 6.04 Å². The molecule has 1 aromatic heterocycles. The topological polar surface area (TPSA) is 37.8 Å². The zero-order valence-corrected chi connectivity index (χ0v) is 10.9. The molecule has 2 rings (SSSR count). The SMILES string of the molecule is CCC(Nc1nnc(C(F)(F)F)s1)c1ccccc1. The molecule has 1 heterocycles. The summed E-state index contributed by atoms with van der Waals surface area (Å²) in [5.74, 6) is 0. The van der Waals surface area contributed by atoms with Crippen LogP contribution >= 0.6 is 11.3 Å². The quantitative estimate of drug-likeness (QED) is 0.919. The Hall–Kier alpha value is -1.63. The Morgan fingerprint density at radius 1 is 1.21 bits per heavy atom. The number of halogens is 3. The molecule has 0 aliphatic carbocycles. The van der Waals surface area contributed by atoms with Gasteiger partial charge < -0.3 is 5.32 Å². The molecule has 3 nitrogen and oxygen atoms in total. The first kappa shape index (κ1) is 13.8. The van der Waals surface area contributed by atoms with Crippen LogP contribution in [0.2, 0.25) is 0 Å². The van der Waals surface area contributed by atoms with Crippen LogP contribution in [0.1, 0.15) is 30.0 Å². The second-order valence-electron chi connectivity index (χ2n) is 3.93. The Morgan fingerprint density at radius 2 is 1.89 bits per heavy atom. The summed E-state index contributed by atoms with van der Waals surface area (Å²) >= 11 is 0.520. The minimum atomic E-state index is -4.44. The van der Waals surface area contributed by atoms with E-state index in [1.54, 1.807) is 0 Å². The van der Waals surface area contributed by atoms with E-state index in [2.05, 4.69) is 15.5 Å². The average Bonchev–Trinajstić information content (AvgIpc) is 2.85. The van der Waals surface area contributed by atoms with E-state index in [0.29, 0.717) is 11.3 Å². The van der Waals surface area contributed by atoms with Crippen LogP contribution in [0.15, 0.2) is 30.3 Å².